The van der Waals surface area contributed by atoms with E-state index in [9.17, 15) is 0 Å². The van der Waals surface area contributed by atoms with Gasteiger partial charge in [0, 0.05) is 7.05 Å². The van der Waals surface area contributed by atoms with Gasteiger partial charge in [-0.3, -0.25) is 4.84 Å². The highest BCUT2D eigenvalue weighted by Gasteiger charge is 2.08. The maximum Gasteiger partial charge on any atom is 0.143 e. The molecule has 1 rings (SSSR count). The highest BCUT2D eigenvalue weighted by Crippen LogP contribution is 1.96. The Labute approximate surface area is 24.9 Å². The van der Waals surface area contributed by atoms with Crippen LogP contribution in [0.25, 0.3) is 0 Å². The van der Waals surface area contributed by atoms with Gasteiger partial charge in [0.2, 0.25) is 0 Å². The summed E-state index contributed by atoms with van der Waals surface area (Å²) >= 11 is 0. The monoisotopic (exact) mass is 59.0 g/mol. The minimum absolute atomic E-state index is 0.819. The van der Waals surface area contributed by atoms with E-state index in [1.165, 1.54) is 0 Å². The first-order valence-electron chi connectivity index (χ1n) is 1.23. The van der Waals surface area contributed by atoms with Crippen LogP contribution in [0.1, 0.15) is 0 Å². The van der Waals surface area contributed by atoms with Crippen molar-refractivity contribution in [3.05, 3.63) is 0 Å². The van der Waals surface area contributed by atoms with Crippen molar-refractivity contribution >= 4 is 0 Å². The fraction of sp³-hybridized carbons (Fsp3) is 1.00. The third-order valence-corrected chi connectivity index (χ3v) is 0.387. The lowest BCUT2D eigenvalue weighted by Crippen LogP contribution is -1.74. The third-order valence-electron chi connectivity index (χ3n) is 0.387. The molecule has 0 amide bonds. The maximum absolute atomic E-state index is 4.54. The zero-order valence-electron chi connectivity index (χ0n) is 2.56. The summed E-state index contributed by atoms with van der Waals surface area (Å²) in [5.41, 5.74) is 0. The Morgan fingerprint density at radius 3 is 2.25 bits per heavy atom. The molecule has 0 spiro atoms. The van der Waals surface area contributed by atoms with E-state index in [2.05, 4.69) is 4.84 Å². The van der Waals surface area contributed by atoms with Crippen LogP contribution in [-0.4, -0.2) is 18.8 Å². The molecular formula is C2H5NO. The van der Waals surface area contributed by atoms with Crippen molar-refractivity contribution in [1.29, 1.82) is 0 Å². The number of rotatable bonds is 0. The summed E-state index contributed by atoms with van der Waals surface area (Å²) in [5, 5.41) is 1.75. The van der Waals surface area contributed by atoms with Crippen LogP contribution in [0, 0.1) is 0 Å². The van der Waals surface area contributed by atoms with Crippen molar-refractivity contribution in [2.45, 2.75) is 0 Å². The predicted molar refractivity (Wildman–Crippen MR) is 13.7 cm³/mol. The van der Waals surface area contributed by atoms with Gasteiger partial charge in [0.25, 0.3) is 0 Å². The van der Waals surface area contributed by atoms with E-state index in [0.717, 1.165) is 6.73 Å². The number of hydroxylamine groups is 2. The fourth-order valence-electron chi connectivity index (χ4n) is 0.0577. The molecular weight excluding hydrogens is 54.0 g/mol. The second-order valence-electron chi connectivity index (χ2n) is 0.886. The molecule has 1 aliphatic heterocycles. The highest BCUT2D eigenvalue weighted by atomic mass is 16.8. The molecule has 1 atom stereocenters. The summed E-state index contributed by atoms with van der Waals surface area (Å²) in [6.45, 7) is 0.819. The molecule has 24 valence electrons. The van der Waals surface area contributed by atoms with Crippen LogP contribution >= 0.6 is 0 Å². The molecule has 0 radical (unpaired) electrons. The summed E-state index contributed by atoms with van der Waals surface area (Å²) in [4.78, 5) is 4.54. The molecule has 0 aromatic carbocycles. The quantitative estimate of drug-likeness (QED) is 0.360. The molecule has 0 bridgehead atoms. The molecule has 1 fully saturated rings. The zero-order valence-corrected chi connectivity index (χ0v) is 2.56. The standard InChI is InChI=1S/C2H5NO/c1-3-2-4-3/h2H2,1H3. The average Bonchev–Trinajstić information content (AvgIpc) is 1.75. The molecule has 2 nitrogen and oxygen atoms in total. The van der Waals surface area contributed by atoms with Crippen LogP contribution in [-0.2, 0) is 4.84 Å². The van der Waals surface area contributed by atoms with Crippen molar-refractivity contribution in [2.75, 3.05) is 13.8 Å². The molecule has 1 heterocycles. The van der Waals surface area contributed by atoms with E-state index < -0.39 is 0 Å². The normalized spacial score (nSPS) is 39.8. The Balaban J connectivity index is 2.17. The number of hydrogen-bond acceptors (Lipinski definition) is 2. The van der Waals surface area contributed by atoms with Crippen LogP contribution in [0.5, 0.6) is 0 Å². The van der Waals surface area contributed by atoms with Crippen molar-refractivity contribution in [3.63, 3.8) is 0 Å². The van der Waals surface area contributed by atoms with Crippen LogP contribution in [0.3, 0.4) is 0 Å². The van der Waals surface area contributed by atoms with Crippen LogP contribution < -0.4 is 0 Å². The topological polar surface area (TPSA) is 15.5 Å². The molecule has 0 aliphatic carbocycles. The van der Waals surface area contributed by atoms with Gasteiger partial charge >= 0.3 is 0 Å². The Kier molecular flexibility index (Phi) is 0.242. The summed E-state index contributed by atoms with van der Waals surface area (Å²) < 4.78 is 0. The molecule has 1 aliphatic rings. The van der Waals surface area contributed by atoms with Crippen molar-refractivity contribution in [1.82, 2.24) is 5.06 Å². The maximum atomic E-state index is 4.54. The summed E-state index contributed by atoms with van der Waals surface area (Å²) in [6.07, 6.45) is 0. The van der Waals surface area contributed by atoms with Crippen LogP contribution in [0.2, 0.25) is 0 Å². The smallest absolute Gasteiger partial charge is 0.143 e. The highest BCUT2D eigenvalue weighted by molar-refractivity contribution is 4.26. The summed E-state index contributed by atoms with van der Waals surface area (Å²) in [6, 6.07) is 0. The first kappa shape index (κ1) is 2.18. The van der Waals surface area contributed by atoms with E-state index in [-0.39, 0.29) is 0 Å². The summed E-state index contributed by atoms with van der Waals surface area (Å²) in [5.74, 6) is 0. The van der Waals surface area contributed by atoms with E-state index in [0.29, 0.717) is 0 Å². The Hall–Kier alpha value is -0.0800. The third kappa shape index (κ3) is 0.191. The molecule has 0 aromatic heterocycles. The Morgan fingerprint density at radius 1 is 2.00 bits per heavy atom. The first-order valence-corrected chi connectivity index (χ1v) is 1.23. The molecule has 0 aromatic rings. The largest absolute Gasteiger partial charge is 0.279 e. The molecule has 4 heavy (non-hydrogen) atoms. The lowest BCUT2D eigenvalue weighted by molar-refractivity contribution is 0.238. The minimum atomic E-state index is 0.819. The van der Waals surface area contributed by atoms with Gasteiger partial charge in [0.05, 0.1) is 0 Å². The van der Waals surface area contributed by atoms with E-state index in [1.807, 2.05) is 7.05 Å². The number of nitrogens with zero attached hydrogens (tertiary/aromatic N) is 1. The van der Waals surface area contributed by atoms with Gasteiger partial charge in [0.15, 0.2) is 0 Å². The van der Waals surface area contributed by atoms with Gasteiger partial charge in [0.1, 0.15) is 6.73 Å². The lowest BCUT2D eigenvalue weighted by atomic mass is 11.3. The van der Waals surface area contributed by atoms with Crippen LogP contribution in [0.15, 0.2) is 0 Å². The van der Waals surface area contributed by atoms with Gasteiger partial charge in [-0.25, -0.2) is 0 Å². The van der Waals surface area contributed by atoms with Crippen LogP contribution in [0.4, 0.5) is 0 Å². The summed E-state index contributed by atoms with van der Waals surface area (Å²) in [7, 11) is 1.89. The minimum Gasteiger partial charge on any atom is -0.279 e. The first-order chi connectivity index (χ1) is 1.89. The van der Waals surface area contributed by atoms with E-state index >= 15 is 0 Å². The molecule has 2 heteroatoms. The lowest BCUT2D eigenvalue weighted by Gasteiger charge is -1.60. The zero-order chi connectivity index (χ0) is 2.99. The van der Waals surface area contributed by atoms with Gasteiger partial charge in [-0.2, -0.15) is 5.06 Å². The van der Waals surface area contributed by atoms with E-state index in [1.54, 1.807) is 5.06 Å². The number of hydrogen-bond donors (Lipinski definition) is 0. The molecule has 0 saturated carbocycles. The molecule has 1 saturated heterocycles. The predicted octanol–water partition coefficient (Wildman–Crippen LogP) is -0.179. The molecule has 0 N–H and O–H groups in total. The SMILES string of the molecule is CN1CO1. The van der Waals surface area contributed by atoms with E-state index in [4.69, 9.17) is 0 Å². The Bertz CT molecular complexity index is 25.2. The Morgan fingerprint density at radius 2 is 2.25 bits per heavy atom. The second-order valence-corrected chi connectivity index (χ2v) is 0.886. The van der Waals surface area contributed by atoms with Gasteiger partial charge in [-0.1, -0.05) is 0 Å². The average molecular weight is 59.1 g/mol. The van der Waals surface area contributed by atoms with Gasteiger partial charge < -0.3 is 0 Å². The van der Waals surface area contributed by atoms with Gasteiger partial charge in [-0.15, -0.1) is 0 Å². The van der Waals surface area contributed by atoms with Crippen molar-refractivity contribution in [3.8, 4) is 0 Å². The van der Waals surface area contributed by atoms with Crippen molar-refractivity contribution < 1.29 is 4.84 Å². The second kappa shape index (κ2) is 0.445. The fourth-order valence-corrected chi connectivity index (χ4v) is 0.0577. The molecule has 1 unspecified atom stereocenters. The van der Waals surface area contributed by atoms with Crippen molar-refractivity contribution in [2.24, 2.45) is 0 Å². The van der Waals surface area contributed by atoms with Gasteiger partial charge in [-0.05, 0) is 0 Å².